The third-order valence-electron chi connectivity index (χ3n) is 3.87. The van der Waals surface area contributed by atoms with Gasteiger partial charge in [0, 0.05) is 11.1 Å². The lowest BCUT2D eigenvalue weighted by Gasteiger charge is -2.10. The van der Waals surface area contributed by atoms with Crippen LogP contribution in [-0.4, -0.2) is 25.4 Å². The highest BCUT2D eigenvalue weighted by atomic mass is 32.2. The van der Waals surface area contributed by atoms with Crippen molar-refractivity contribution < 1.29 is 23.1 Å². The molecular weight excluding hydrogens is 400 g/mol. The van der Waals surface area contributed by atoms with E-state index in [4.69, 9.17) is 5.11 Å². The summed E-state index contributed by atoms with van der Waals surface area (Å²) < 4.78 is 27.7. The molecule has 0 radical (unpaired) electrons. The van der Waals surface area contributed by atoms with Crippen LogP contribution in [0.2, 0.25) is 0 Å². The maximum absolute atomic E-state index is 12.6. The number of hydrogen-bond acceptors (Lipinski definition) is 5. The number of nitrogens with one attached hydrogen (secondary N) is 2. The second-order valence-electron chi connectivity index (χ2n) is 5.91. The van der Waals surface area contributed by atoms with Gasteiger partial charge in [-0.05, 0) is 42.8 Å². The van der Waals surface area contributed by atoms with E-state index in [9.17, 15) is 18.0 Å². The summed E-state index contributed by atoms with van der Waals surface area (Å²) in [5, 5.41) is 13.1. The van der Waals surface area contributed by atoms with Gasteiger partial charge in [-0.1, -0.05) is 24.3 Å². The Morgan fingerprint density at radius 1 is 1.04 bits per heavy atom. The van der Waals surface area contributed by atoms with Crippen LogP contribution >= 0.6 is 11.3 Å². The van der Waals surface area contributed by atoms with Gasteiger partial charge in [0.05, 0.1) is 21.0 Å². The minimum absolute atomic E-state index is 0.0310. The quantitative estimate of drug-likeness (QED) is 0.566. The average molecular weight is 416 g/mol. The van der Waals surface area contributed by atoms with Crippen molar-refractivity contribution in [2.75, 3.05) is 10.0 Å². The molecule has 0 saturated carbocycles. The van der Waals surface area contributed by atoms with E-state index in [0.29, 0.717) is 11.3 Å². The van der Waals surface area contributed by atoms with Crippen LogP contribution in [0, 0.1) is 6.92 Å². The van der Waals surface area contributed by atoms with Crippen molar-refractivity contribution in [3.05, 3.63) is 76.0 Å². The molecule has 0 bridgehead atoms. The maximum Gasteiger partial charge on any atom is 0.335 e. The molecule has 0 saturated heterocycles. The van der Waals surface area contributed by atoms with Crippen LogP contribution in [-0.2, 0) is 10.0 Å². The maximum atomic E-state index is 12.6. The van der Waals surface area contributed by atoms with Gasteiger partial charge in [-0.15, -0.1) is 11.3 Å². The number of carboxylic acids is 1. The molecule has 3 aromatic rings. The Kier molecular flexibility index (Phi) is 5.48. The summed E-state index contributed by atoms with van der Waals surface area (Å²) in [5.74, 6) is -1.57. The van der Waals surface area contributed by atoms with Gasteiger partial charge in [0.15, 0.2) is 0 Å². The molecule has 1 aromatic heterocycles. The van der Waals surface area contributed by atoms with Gasteiger partial charge in [0.1, 0.15) is 0 Å². The van der Waals surface area contributed by atoms with Crippen molar-refractivity contribution in [1.29, 1.82) is 0 Å². The van der Waals surface area contributed by atoms with Crippen LogP contribution < -0.4 is 10.0 Å². The zero-order valence-electron chi connectivity index (χ0n) is 14.7. The van der Waals surface area contributed by atoms with Crippen LogP contribution in [0.15, 0.2) is 64.9 Å². The molecule has 0 spiro atoms. The molecule has 2 aromatic carbocycles. The molecule has 1 heterocycles. The Morgan fingerprint density at radius 2 is 1.75 bits per heavy atom. The van der Waals surface area contributed by atoms with Crippen molar-refractivity contribution in [3.8, 4) is 0 Å². The normalized spacial score (nSPS) is 11.0. The first-order valence-corrected chi connectivity index (χ1v) is 10.4. The fourth-order valence-corrected chi connectivity index (χ4v) is 4.65. The first kappa shape index (κ1) is 19.6. The molecule has 0 aliphatic carbocycles. The first-order valence-electron chi connectivity index (χ1n) is 8.08. The lowest BCUT2D eigenvalue weighted by atomic mass is 10.1. The summed E-state index contributed by atoms with van der Waals surface area (Å²) in [5.41, 5.74) is 1.31. The summed E-state index contributed by atoms with van der Waals surface area (Å²) in [7, 11) is -3.98. The van der Waals surface area contributed by atoms with Gasteiger partial charge in [-0.2, -0.15) is 0 Å². The van der Waals surface area contributed by atoms with E-state index < -0.39 is 21.9 Å². The number of hydrogen-bond donors (Lipinski definition) is 3. The number of thiophene rings is 1. The van der Waals surface area contributed by atoms with E-state index in [-0.39, 0.29) is 21.0 Å². The Hall–Kier alpha value is -3.17. The molecule has 0 fully saturated rings. The zero-order valence-corrected chi connectivity index (χ0v) is 16.3. The smallest absolute Gasteiger partial charge is 0.335 e. The summed E-state index contributed by atoms with van der Waals surface area (Å²) in [4.78, 5) is 23.6. The van der Waals surface area contributed by atoms with E-state index in [1.54, 1.807) is 31.2 Å². The number of para-hydroxylation sites is 1. The average Bonchev–Trinajstić information content (AvgIpc) is 3.15. The lowest BCUT2D eigenvalue weighted by molar-refractivity contribution is 0.0696. The molecule has 3 N–H and O–H groups in total. The molecule has 144 valence electrons. The lowest BCUT2D eigenvalue weighted by Crippen LogP contribution is -2.14. The van der Waals surface area contributed by atoms with Crippen LogP contribution in [0.5, 0.6) is 0 Å². The minimum atomic E-state index is -3.98. The van der Waals surface area contributed by atoms with Gasteiger partial charge < -0.3 is 10.4 Å². The van der Waals surface area contributed by atoms with Gasteiger partial charge in [-0.3, -0.25) is 9.52 Å². The second-order valence-corrected chi connectivity index (χ2v) is 8.50. The third kappa shape index (κ3) is 4.38. The summed E-state index contributed by atoms with van der Waals surface area (Å²) in [6, 6.07) is 14.3. The number of carbonyl (C=O) groups is 2. The van der Waals surface area contributed by atoms with Crippen LogP contribution in [0.3, 0.4) is 0 Å². The largest absolute Gasteiger partial charge is 0.478 e. The van der Waals surface area contributed by atoms with Crippen molar-refractivity contribution in [3.63, 3.8) is 0 Å². The molecule has 0 aliphatic heterocycles. The number of carbonyl (C=O) groups excluding carboxylic acids is 1. The zero-order chi connectivity index (χ0) is 20.3. The number of aryl methyl sites for hydroxylation is 1. The fraction of sp³-hybridized carbons (Fsp3) is 0.0526. The Bertz CT molecular complexity index is 1140. The van der Waals surface area contributed by atoms with Crippen molar-refractivity contribution >= 4 is 44.6 Å². The number of amides is 1. The predicted molar refractivity (Wildman–Crippen MR) is 108 cm³/mol. The Labute approximate surface area is 165 Å². The summed E-state index contributed by atoms with van der Waals surface area (Å²) >= 11 is 1.00. The van der Waals surface area contributed by atoms with Crippen molar-refractivity contribution in [1.82, 2.24) is 0 Å². The predicted octanol–water partition coefficient (Wildman–Crippen LogP) is 3.81. The van der Waals surface area contributed by atoms with Crippen LogP contribution in [0.25, 0.3) is 0 Å². The molecule has 0 aliphatic rings. The number of sulfonamides is 1. The fourth-order valence-electron chi connectivity index (χ4n) is 2.36. The van der Waals surface area contributed by atoms with Crippen LogP contribution in [0.1, 0.15) is 25.6 Å². The van der Waals surface area contributed by atoms with Gasteiger partial charge in [0.25, 0.3) is 15.9 Å². The Balaban J connectivity index is 1.81. The van der Waals surface area contributed by atoms with E-state index in [2.05, 4.69) is 10.0 Å². The molecule has 0 atom stereocenters. The summed E-state index contributed by atoms with van der Waals surface area (Å²) in [6.07, 6.45) is 0. The van der Waals surface area contributed by atoms with E-state index >= 15 is 0 Å². The Morgan fingerprint density at radius 3 is 2.43 bits per heavy atom. The van der Waals surface area contributed by atoms with Gasteiger partial charge in [0.2, 0.25) is 0 Å². The third-order valence-corrected chi connectivity index (χ3v) is 6.29. The van der Waals surface area contributed by atoms with Crippen molar-refractivity contribution in [2.24, 2.45) is 0 Å². The highest BCUT2D eigenvalue weighted by molar-refractivity contribution is 7.92. The van der Waals surface area contributed by atoms with Gasteiger partial charge >= 0.3 is 5.97 Å². The SMILES string of the molecule is Cc1ccc(C(=O)O)cc1NS(=O)(=O)c1csc(C(=O)Nc2ccccc2)c1. The van der Waals surface area contributed by atoms with Gasteiger partial charge in [-0.25, -0.2) is 13.2 Å². The topological polar surface area (TPSA) is 113 Å². The minimum Gasteiger partial charge on any atom is -0.478 e. The highest BCUT2D eigenvalue weighted by Crippen LogP contribution is 2.25. The van der Waals surface area contributed by atoms with Crippen LogP contribution in [0.4, 0.5) is 11.4 Å². The van der Waals surface area contributed by atoms with E-state index in [1.165, 1.54) is 29.6 Å². The second kappa shape index (κ2) is 7.83. The number of carboxylic acid groups (broad SMARTS) is 1. The number of anilines is 2. The number of rotatable bonds is 6. The molecule has 3 rings (SSSR count). The summed E-state index contributed by atoms with van der Waals surface area (Å²) in [6.45, 7) is 1.66. The van der Waals surface area contributed by atoms with E-state index in [0.717, 1.165) is 11.3 Å². The standard InChI is InChI=1S/C19H16N2O5S2/c1-12-7-8-13(19(23)24)9-16(12)21-28(25,26)15-10-17(27-11-15)18(22)20-14-5-3-2-4-6-14/h2-11,21H,1H3,(H,20,22)(H,23,24). The monoisotopic (exact) mass is 416 g/mol. The molecule has 9 heteroatoms. The first-order chi connectivity index (χ1) is 13.3. The number of benzene rings is 2. The van der Waals surface area contributed by atoms with E-state index in [1.807, 2.05) is 6.07 Å². The highest BCUT2D eigenvalue weighted by Gasteiger charge is 2.20. The molecular formula is C19H16N2O5S2. The molecule has 1 amide bonds. The van der Waals surface area contributed by atoms with Crippen molar-refractivity contribution in [2.45, 2.75) is 11.8 Å². The molecule has 0 unspecified atom stereocenters. The molecule has 7 nitrogen and oxygen atoms in total. The molecule has 28 heavy (non-hydrogen) atoms. The number of aromatic carboxylic acids is 1.